The second-order valence-corrected chi connectivity index (χ2v) is 8.40. The Morgan fingerprint density at radius 2 is 1.92 bits per heavy atom. The lowest BCUT2D eigenvalue weighted by atomic mass is 9.98. The van der Waals surface area contributed by atoms with E-state index in [1.807, 2.05) is 24.3 Å². The summed E-state index contributed by atoms with van der Waals surface area (Å²) in [5.74, 6) is -0.605. The van der Waals surface area contributed by atoms with Crippen LogP contribution < -0.4 is 4.72 Å². The number of hydrogen-bond acceptors (Lipinski definition) is 4. The van der Waals surface area contributed by atoms with E-state index in [1.165, 1.54) is 6.07 Å². The molecule has 24 heavy (non-hydrogen) atoms. The zero-order valence-electron chi connectivity index (χ0n) is 14.3. The van der Waals surface area contributed by atoms with Gasteiger partial charge in [0, 0.05) is 5.56 Å². The van der Waals surface area contributed by atoms with Crippen LogP contribution in [0.4, 0.5) is 0 Å². The first-order chi connectivity index (χ1) is 11.3. The summed E-state index contributed by atoms with van der Waals surface area (Å²) in [6, 6.07) is 9.70. The van der Waals surface area contributed by atoms with Crippen molar-refractivity contribution in [2.24, 2.45) is 0 Å². The zero-order valence-corrected chi connectivity index (χ0v) is 15.1. The van der Waals surface area contributed by atoms with E-state index in [2.05, 4.69) is 4.72 Å². The van der Waals surface area contributed by atoms with E-state index in [0.717, 1.165) is 5.39 Å². The second kappa shape index (κ2) is 7.32. The van der Waals surface area contributed by atoms with Gasteiger partial charge in [-0.1, -0.05) is 30.3 Å². The highest BCUT2D eigenvalue weighted by Crippen LogP contribution is 2.33. The minimum absolute atomic E-state index is 0.0369. The van der Waals surface area contributed by atoms with Gasteiger partial charge in [-0.25, -0.2) is 13.7 Å². The molecule has 0 aliphatic carbocycles. The Morgan fingerprint density at radius 1 is 1.25 bits per heavy atom. The Hall–Kier alpha value is -1.92. The lowest BCUT2D eigenvalue weighted by Crippen LogP contribution is -2.39. The topological polar surface area (TPSA) is 75.6 Å². The molecule has 0 saturated heterocycles. The van der Waals surface area contributed by atoms with Crippen molar-refractivity contribution in [3.05, 3.63) is 42.0 Å². The van der Waals surface area contributed by atoms with Gasteiger partial charge in [-0.05, 0) is 44.5 Å². The summed E-state index contributed by atoms with van der Waals surface area (Å²) in [5, 5.41) is 12.0. The van der Waals surface area contributed by atoms with Gasteiger partial charge >= 0.3 is 5.97 Å². The van der Waals surface area contributed by atoms with Crippen LogP contribution in [-0.4, -0.2) is 26.6 Å². The number of aromatic hydroxyl groups is 1. The summed E-state index contributed by atoms with van der Waals surface area (Å²) in [7, 11) is -1.51. The molecule has 2 rings (SSSR count). The average Bonchev–Trinajstić information content (AvgIpc) is 2.52. The summed E-state index contributed by atoms with van der Waals surface area (Å²) in [6.45, 7) is 7.33. The molecule has 0 saturated carbocycles. The number of rotatable bonds is 5. The molecule has 0 heterocycles. The van der Waals surface area contributed by atoms with Crippen molar-refractivity contribution in [1.82, 2.24) is 4.72 Å². The molecular weight excluding hydrogens is 326 g/mol. The van der Waals surface area contributed by atoms with Crippen LogP contribution in [0, 0.1) is 0 Å². The number of esters is 1. The van der Waals surface area contributed by atoms with Crippen LogP contribution in [0.1, 0.15) is 39.3 Å². The minimum Gasteiger partial charge on any atom is -0.508 e. The molecule has 0 bridgehead atoms. The van der Waals surface area contributed by atoms with Gasteiger partial charge in [-0.2, -0.15) is 0 Å². The molecule has 2 aromatic rings. The quantitative estimate of drug-likeness (QED) is 0.813. The minimum atomic E-state index is -1.51. The summed E-state index contributed by atoms with van der Waals surface area (Å²) in [6.07, 6.45) is 0. The molecule has 0 amide bonds. The molecule has 0 radical (unpaired) electrons. The Labute approximate surface area is 144 Å². The maximum Gasteiger partial charge on any atom is 0.328 e. The molecule has 0 fully saturated rings. The van der Waals surface area contributed by atoms with E-state index in [-0.39, 0.29) is 12.4 Å². The first-order valence-corrected chi connectivity index (χ1v) is 8.96. The summed E-state index contributed by atoms with van der Waals surface area (Å²) >= 11 is 0. The van der Waals surface area contributed by atoms with Gasteiger partial charge in [-0.3, -0.25) is 0 Å². The molecule has 0 aromatic heterocycles. The van der Waals surface area contributed by atoms with E-state index in [9.17, 15) is 14.1 Å². The van der Waals surface area contributed by atoms with Crippen molar-refractivity contribution < 1.29 is 18.8 Å². The highest BCUT2D eigenvalue weighted by molar-refractivity contribution is 7.84. The van der Waals surface area contributed by atoms with Crippen LogP contribution in [0.2, 0.25) is 0 Å². The number of nitrogens with one attached hydrogen (secondary N) is 1. The van der Waals surface area contributed by atoms with Gasteiger partial charge in [0.05, 0.1) is 22.3 Å². The number of ether oxygens (including phenoxy) is 1. The normalized spacial score (nSPS) is 14.3. The van der Waals surface area contributed by atoms with Crippen molar-refractivity contribution >= 4 is 27.7 Å². The largest absolute Gasteiger partial charge is 0.508 e. The molecule has 2 atom stereocenters. The molecule has 6 heteroatoms. The fourth-order valence-electron chi connectivity index (χ4n) is 2.32. The standard InChI is InChI=1S/C18H23NO4S/c1-5-23-17(21)16(19-24(22)18(2,3)4)15-13-9-7-6-8-12(13)10-11-14(15)20/h6-11,16,19-20H,5H2,1-4H3/t16-,24-/m1/s1. The third kappa shape index (κ3) is 3.94. The van der Waals surface area contributed by atoms with Crippen molar-refractivity contribution in [3.8, 4) is 5.75 Å². The van der Waals surface area contributed by atoms with Crippen LogP contribution in [0.15, 0.2) is 36.4 Å². The van der Waals surface area contributed by atoms with Gasteiger partial charge < -0.3 is 9.84 Å². The predicted octanol–water partition coefficient (Wildman–Crippen LogP) is 3.20. The molecule has 0 aliphatic rings. The number of phenols is 1. The number of carbonyl (C=O) groups is 1. The van der Waals surface area contributed by atoms with Gasteiger partial charge in [0.1, 0.15) is 11.8 Å². The average molecular weight is 349 g/mol. The smallest absolute Gasteiger partial charge is 0.328 e. The number of phenolic OH excluding ortho intramolecular Hbond substituents is 1. The SMILES string of the molecule is CCOC(=O)[C@H](N[S@](=O)C(C)(C)C)c1c(O)ccc2ccccc12. The number of benzene rings is 2. The van der Waals surface area contributed by atoms with Gasteiger partial charge in [-0.15, -0.1) is 0 Å². The van der Waals surface area contributed by atoms with Crippen molar-refractivity contribution in [1.29, 1.82) is 0 Å². The maximum absolute atomic E-state index is 12.5. The van der Waals surface area contributed by atoms with E-state index in [0.29, 0.717) is 10.9 Å². The third-order valence-electron chi connectivity index (χ3n) is 3.54. The number of fused-ring (bicyclic) bond motifs is 1. The third-order valence-corrected chi connectivity index (χ3v) is 5.10. The van der Waals surface area contributed by atoms with Gasteiger partial charge in [0.15, 0.2) is 0 Å². The fourth-order valence-corrected chi connectivity index (χ4v) is 3.10. The van der Waals surface area contributed by atoms with E-state index in [1.54, 1.807) is 33.8 Å². The highest BCUT2D eigenvalue weighted by Gasteiger charge is 2.31. The Kier molecular flexibility index (Phi) is 5.62. The molecular formula is C18H23NO4S. The lowest BCUT2D eigenvalue weighted by molar-refractivity contribution is -0.145. The Morgan fingerprint density at radius 3 is 2.54 bits per heavy atom. The predicted molar refractivity (Wildman–Crippen MR) is 96.0 cm³/mol. The fraction of sp³-hybridized carbons (Fsp3) is 0.389. The molecule has 0 spiro atoms. The van der Waals surface area contributed by atoms with Gasteiger partial charge in [0.2, 0.25) is 0 Å². The van der Waals surface area contributed by atoms with Crippen molar-refractivity contribution in [3.63, 3.8) is 0 Å². The Balaban J connectivity index is 2.57. The van der Waals surface area contributed by atoms with E-state index < -0.39 is 27.7 Å². The molecule has 0 aliphatic heterocycles. The maximum atomic E-state index is 12.5. The molecule has 0 unspecified atom stereocenters. The first-order valence-electron chi connectivity index (χ1n) is 7.81. The van der Waals surface area contributed by atoms with E-state index in [4.69, 9.17) is 4.74 Å². The number of carbonyl (C=O) groups excluding carboxylic acids is 1. The zero-order chi connectivity index (χ0) is 17.9. The molecule has 2 aromatic carbocycles. The second-order valence-electron chi connectivity index (χ2n) is 6.40. The van der Waals surface area contributed by atoms with E-state index >= 15 is 0 Å². The van der Waals surface area contributed by atoms with Crippen molar-refractivity contribution in [2.45, 2.75) is 38.5 Å². The van der Waals surface area contributed by atoms with Crippen molar-refractivity contribution in [2.75, 3.05) is 6.61 Å². The molecule has 130 valence electrons. The first kappa shape index (κ1) is 18.4. The number of hydrogen-bond donors (Lipinski definition) is 2. The summed E-state index contributed by atoms with van der Waals surface area (Å²) in [5.41, 5.74) is 0.379. The lowest BCUT2D eigenvalue weighted by Gasteiger charge is -2.24. The molecule has 2 N–H and O–H groups in total. The monoisotopic (exact) mass is 349 g/mol. The van der Waals surface area contributed by atoms with Crippen LogP contribution in [0.25, 0.3) is 10.8 Å². The highest BCUT2D eigenvalue weighted by atomic mass is 32.2. The van der Waals surface area contributed by atoms with Gasteiger partial charge in [0.25, 0.3) is 0 Å². The van der Waals surface area contributed by atoms with Crippen LogP contribution in [0.3, 0.4) is 0 Å². The Bertz CT molecular complexity index is 767. The van der Waals surface area contributed by atoms with Crippen LogP contribution in [0.5, 0.6) is 5.75 Å². The van der Waals surface area contributed by atoms with Crippen LogP contribution >= 0.6 is 0 Å². The summed E-state index contributed by atoms with van der Waals surface area (Å²) in [4.78, 5) is 12.5. The summed E-state index contributed by atoms with van der Waals surface area (Å²) < 4.78 is 19.9. The molecule has 5 nitrogen and oxygen atoms in total. The van der Waals surface area contributed by atoms with Crippen LogP contribution in [-0.2, 0) is 20.5 Å².